The van der Waals surface area contributed by atoms with Crippen LogP contribution >= 0.6 is 0 Å². The summed E-state index contributed by atoms with van der Waals surface area (Å²) in [5.74, 6) is -3.13. The lowest BCUT2D eigenvalue weighted by Gasteiger charge is -2.42. The second-order valence-electron chi connectivity index (χ2n) is 8.58. The zero-order valence-electron chi connectivity index (χ0n) is 20.9. The Morgan fingerprint density at radius 3 is 1.44 bits per heavy atom. The van der Waals surface area contributed by atoms with Crippen LogP contribution in [0.3, 0.4) is 0 Å². The molecule has 1 heterocycles. The van der Waals surface area contributed by atoms with Crippen molar-refractivity contribution in [3.63, 3.8) is 0 Å². The molecule has 3 aromatic carbocycles. The Morgan fingerprint density at radius 1 is 0.641 bits per heavy atom. The quantitative estimate of drug-likeness (QED) is 0.339. The molecular formula is C29H26O10. The van der Waals surface area contributed by atoms with Gasteiger partial charge in [0.05, 0.1) is 16.7 Å². The van der Waals surface area contributed by atoms with E-state index in [0.717, 1.165) is 0 Å². The molecule has 1 N–H and O–H groups in total. The average molecular weight is 535 g/mol. The Kier molecular flexibility index (Phi) is 9.03. The van der Waals surface area contributed by atoms with Gasteiger partial charge in [0.25, 0.3) is 0 Å². The zero-order valence-corrected chi connectivity index (χ0v) is 20.9. The molecule has 5 unspecified atom stereocenters. The highest BCUT2D eigenvalue weighted by molar-refractivity contribution is 5.91. The predicted molar refractivity (Wildman–Crippen MR) is 134 cm³/mol. The van der Waals surface area contributed by atoms with E-state index in [0.29, 0.717) is 0 Å². The summed E-state index contributed by atoms with van der Waals surface area (Å²) in [6.45, 7) is 0.722. The van der Waals surface area contributed by atoms with Crippen LogP contribution in [0.25, 0.3) is 0 Å². The molecule has 10 heteroatoms. The summed E-state index contributed by atoms with van der Waals surface area (Å²) in [4.78, 5) is 50.5. The Morgan fingerprint density at radius 2 is 1.03 bits per heavy atom. The fraction of sp³-hybridized carbons (Fsp3) is 0.241. The summed E-state index contributed by atoms with van der Waals surface area (Å²) in [5, 5.41) is 10.9. The first-order valence-electron chi connectivity index (χ1n) is 12.1. The largest absolute Gasteiger partial charge is 0.463 e. The number of benzene rings is 3. The Labute approximate surface area is 224 Å². The van der Waals surface area contributed by atoms with Crippen molar-refractivity contribution in [1.29, 1.82) is 0 Å². The smallest absolute Gasteiger partial charge is 0.338 e. The molecule has 1 aliphatic rings. The third kappa shape index (κ3) is 7.07. The Bertz CT molecular complexity index is 1280. The third-order valence-corrected chi connectivity index (χ3v) is 5.82. The van der Waals surface area contributed by atoms with Crippen LogP contribution in [0.4, 0.5) is 0 Å². The van der Waals surface area contributed by atoms with Crippen LogP contribution in [0.5, 0.6) is 0 Å². The first-order chi connectivity index (χ1) is 18.8. The number of esters is 4. The maximum Gasteiger partial charge on any atom is 0.338 e. The topological polar surface area (TPSA) is 135 Å². The minimum absolute atomic E-state index is 0.163. The first kappa shape index (κ1) is 27.5. The molecular weight excluding hydrogens is 508 g/mol. The van der Waals surface area contributed by atoms with Crippen molar-refractivity contribution in [2.75, 3.05) is 6.61 Å². The highest BCUT2D eigenvalue weighted by atomic mass is 16.7. The number of ether oxygens (including phenoxy) is 5. The summed E-state index contributed by atoms with van der Waals surface area (Å²) < 4.78 is 27.6. The fourth-order valence-electron chi connectivity index (χ4n) is 3.93. The van der Waals surface area contributed by atoms with Gasteiger partial charge in [-0.3, -0.25) is 4.79 Å². The standard InChI is InChI=1S/C29H26O10/c1-18(30)35-17-22-23(37-26(31)19-11-5-2-6-12-19)24(38-27(32)20-13-7-3-8-14-20)25(29(34)36-22)39-28(33)21-15-9-4-10-16-21/h2-16,22-25,29,34H,17H2,1H3. The van der Waals surface area contributed by atoms with E-state index in [1.807, 2.05) is 0 Å². The van der Waals surface area contributed by atoms with Gasteiger partial charge in [0.15, 0.2) is 24.6 Å². The van der Waals surface area contributed by atoms with Gasteiger partial charge in [0.1, 0.15) is 12.7 Å². The van der Waals surface area contributed by atoms with Gasteiger partial charge in [-0.05, 0) is 36.4 Å². The second kappa shape index (κ2) is 12.8. The van der Waals surface area contributed by atoms with Crippen molar-refractivity contribution in [1.82, 2.24) is 0 Å². The van der Waals surface area contributed by atoms with Crippen molar-refractivity contribution < 1.29 is 48.0 Å². The number of hydrogen-bond acceptors (Lipinski definition) is 10. The molecule has 0 amide bonds. The van der Waals surface area contributed by atoms with E-state index in [9.17, 15) is 24.3 Å². The number of hydrogen-bond donors (Lipinski definition) is 1. The van der Waals surface area contributed by atoms with Gasteiger partial charge in [0, 0.05) is 6.92 Å². The zero-order chi connectivity index (χ0) is 27.8. The van der Waals surface area contributed by atoms with Gasteiger partial charge in [0.2, 0.25) is 0 Å². The molecule has 0 saturated carbocycles. The van der Waals surface area contributed by atoms with Gasteiger partial charge in [-0.25, -0.2) is 14.4 Å². The van der Waals surface area contributed by atoms with Gasteiger partial charge in [-0.2, -0.15) is 0 Å². The van der Waals surface area contributed by atoms with E-state index in [2.05, 4.69) is 0 Å². The lowest BCUT2D eigenvalue weighted by atomic mass is 9.97. The monoisotopic (exact) mass is 534 g/mol. The van der Waals surface area contributed by atoms with Gasteiger partial charge in [-0.15, -0.1) is 0 Å². The molecule has 4 rings (SSSR count). The van der Waals surface area contributed by atoms with Crippen molar-refractivity contribution in [2.45, 2.75) is 37.6 Å². The molecule has 5 atom stereocenters. The van der Waals surface area contributed by atoms with Gasteiger partial charge in [-0.1, -0.05) is 54.6 Å². The second-order valence-corrected chi connectivity index (χ2v) is 8.58. The van der Waals surface area contributed by atoms with Crippen molar-refractivity contribution in [3.8, 4) is 0 Å². The van der Waals surface area contributed by atoms with Crippen LogP contribution in [-0.2, 0) is 28.5 Å². The molecule has 0 aliphatic carbocycles. The summed E-state index contributed by atoms with van der Waals surface area (Å²) in [7, 11) is 0. The van der Waals surface area contributed by atoms with Crippen LogP contribution in [0.1, 0.15) is 38.0 Å². The van der Waals surface area contributed by atoms with E-state index >= 15 is 0 Å². The van der Waals surface area contributed by atoms with Crippen LogP contribution in [0.15, 0.2) is 91.0 Å². The minimum Gasteiger partial charge on any atom is -0.463 e. The van der Waals surface area contributed by atoms with Crippen LogP contribution < -0.4 is 0 Å². The lowest BCUT2D eigenvalue weighted by Crippen LogP contribution is -2.62. The Hall–Kier alpha value is -4.54. The van der Waals surface area contributed by atoms with Gasteiger partial charge < -0.3 is 28.8 Å². The summed E-state index contributed by atoms with van der Waals surface area (Å²) >= 11 is 0. The number of carbonyl (C=O) groups excluding carboxylic acids is 4. The molecule has 1 aliphatic heterocycles. The van der Waals surface area contributed by atoms with E-state index in [1.54, 1.807) is 54.6 Å². The van der Waals surface area contributed by atoms with Crippen molar-refractivity contribution in [2.24, 2.45) is 0 Å². The van der Waals surface area contributed by atoms with E-state index in [-0.39, 0.29) is 16.7 Å². The van der Waals surface area contributed by atoms with E-state index < -0.39 is 61.2 Å². The van der Waals surface area contributed by atoms with Crippen molar-refractivity contribution >= 4 is 23.9 Å². The minimum atomic E-state index is -1.82. The molecule has 1 saturated heterocycles. The first-order valence-corrected chi connectivity index (χ1v) is 12.1. The molecule has 3 aromatic rings. The molecule has 0 aromatic heterocycles. The predicted octanol–water partition coefficient (Wildman–Crippen LogP) is 2.94. The highest BCUT2D eigenvalue weighted by Gasteiger charge is 2.52. The summed E-state index contributed by atoms with van der Waals surface area (Å²) in [6.07, 6.45) is -7.67. The van der Waals surface area contributed by atoms with Gasteiger partial charge >= 0.3 is 23.9 Å². The van der Waals surface area contributed by atoms with Crippen molar-refractivity contribution in [3.05, 3.63) is 108 Å². The molecule has 202 valence electrons. The number of aliphatic hydroxyl groups excluding tert-OH is 1. The third-order valence-electron chi connectivity index (χ3n) is 5.82. The number of rotatable bonds is 8. The maximum atomic E-state index is 13.1. The van der Waals surface area contributed by atoms with Crippen LogP contribution in [-0.4, -0.2) is 66.3 Å². The number of aliphatic hydroxyl groups is 1. The van der Waals surface area contributed by atoms with E-state index in [4.69, 9.17) is 23.7 Å². The highest BCUT2D eigenvalue weighted by Crippen LogP contribution is 2.30. The molecule has 39 heavy (non-hydrogen) atoms. The molecule has 0 bridgehead atoms. The molecule has 1 fully saturated rings. The maximum absolute atomic E-state index is 13.1. The lowest BCUT2D eigenvalue weighted by molar-refractivity contribution is -0.285. The van der Waals surface area contributed by atoms with Crippen LogP contribution in [0.2, 0.25) is 0 Å². The summed E-state index contributed by atoms with van der Waals surface area (Å²) in [5.41, 5.74) is 0.509. The fourth-order valence-corrected chi connectivity index (χ4v) is 3.93. The summed E-state index contributed by atoms with van der Waals surface area (Å²) in [6, 6.07) is 23.9. The van der Waals surface area contributed by atoms with E-state index in [1.165, 1.54) is 43.3 Å². The normalized spacial score (nSPS) is 22.3. The molecule has 0 spiro atoms. The number of carbonyl (C=O) groups is 4. The average Bonchev–Trinajstić information content (AvgIpc) is 2.96. The SMILES string of the molecule is CC(=O)OCC1OC(O)C(OC(=O)c2ccccc2)C(OC(=O)c2ccccc2)C1OC(=O)c1ccccc1. The van der Waals surface area contributed by atoms with Crippen LogP contribution in [0, 0.1) is 0 Å². The molecule has 10 nitrogen and oxygen atoms in total. The Balaban J connectivity index is 1.69. The molecule has 0 radical (unpaired) electrons.